The van der Waals surface area contributed by atoms with E-state index in [4.69, 9.17) is 4.74 Å². The first kappa shape index (κ1) is 15.3. The monoisotopic (exact) mass is 305 g/mol. The number of amides is 1. The van der Waals surface area contributed by atoms with Gasteiger partial charge < -0.3 is 15.4 Å². The minimum atomic E-state index is -0.168. The topological polar surface area (TPSA) is 63.2 Å². The lowest BCUT2D eigenvalue weighted by atomic mass is 10.2. The third-order valence-electron chi connectivity index (χ3n) is 2.76. The summed E-state index contributed by atoms with van der Waals surface area (Å²) in [5.74, 6) is 0.632. The molecular weight excluding hydrogens is 286 g/mol. The summed E-state index contributed by atoms with van der Waals surface area (Å²) < 4.78 is 5.10. The summed E-state index contributed by atoms with van der Waals surface area (Å²) in [5, 5.41) is 8.56. The van der Waals surface area contributed by atoms with Crippen LogP contribution in [-0.2, 0) is 6.54 Å². The second-order valence-corrected chi connectivity index (χ2v) is 5.73. The van der Waals surface area contributed by atoms with Crippen molar-refractivity contribution in [2.45, 2.75) is 26.4 Å². The average Bonchev–Trinajstić information content (AvgIpc) is 2.93. The van der Waals surface area contributed by atoms with Gasteiger partial charge in [0.1, 0.15) is 11.4 Å². The molecule has 21 heavy (non-hydrogen) atoms. The van der Waals surface area contributed by atoms with Crippen LogP contribution in [0.3, 0.4) is 0 Å². The summed E-state index contributed by atoms with van der Waals surface area (Å²) in [4.78, 5) is 16.3. The molecule has 1 aromatic carbocycles. The van der Waals surface area contributed by atoms with Gasteiger partial charge in [-0.05, 0) is 31.5 Å². The van der Waals surface area contributed by atoms with E-state index < -0.39 is 0 Å². The van der Waals surface area contributed by atoms with E-state index in [2.05, 4.69) is 15.6 Å². The first-order valence-corrected chi connectivity index (χ1v) is 7.59. The average molecular weight is 305 g/mol. The second-order valence-electron chi connectivity index (χ2n) is 4.87. The van der Waals surface area contributed by atoms with E-state index >= 15 is 0 Å². The molecule has 0 saturated heterocycles. The van der Waals surface area contributed by atoms with E-state index in [1.807, 2.05) is 38.1 Å². The molecule has 1 aromatic heterocycles. The van der Waals surface area contributed by atoms with Crippen molar-refractivity contribution in [2.75, 3.05) is 12.4 Å². The Morgan fingerprint density at radius 1 is 1.33 bits per heavy atom. The van der Waals surface area contributed by atoms with E-state index in [1.165, 1.54) is 11.3 Å². The van der Waals surface area contributed by atoms with Crippen LogP contribution in [0, 0.1) is 0 Å². The number of hydrogen-bond donors (Lipinski definition) is 2. The molecule has 0 fully saturated rings. The van der Waals surface area contributed by atoms with E-state index in [1.54, 1.807) is 12.5 Å². The number of anilines is 1. The highest BCUT2D eigenvalue weighted by Crippen LogP contribution is 2.16. The number of carbonyl (C=O) groups is 1. The van der Waals surface area contributed by atoms with Gasteiger partial charge in [0.2, 0.25) is 0 Å². The molecule has 2 aromatic rings. The first-order chi connectivity index (χ1) is 10.1. The van der Waals surface area contributed by atoms with Crippen molar-refractivity contribution in [3.05, 3.63) is 40.9 Å². The highest BCUT2D eigenvalue weighted by Gasteiger charge is 2.10. The van der Waals surface area contributed by atoms with Gasteiger partial charge in [-0.1, -0.05) is 12.1 Å². The maximum Gasteiger partial charge on any atom is 0.271 e. The largest absolute Gasteiger partial charge is 0.497 e. The Bertz CT molecular complexity index is 593. The molecule has 2 rings (SSSR count). The van der Waals surface area contributed by atoms with Crippen LogP contribution in [-0.4, -0.2) is 24.0 Å². The van der Waals surface area contributed by atoms with Crippen molar-refractivity contribution in [3.8, 4) is 5.75 Å². The van der Waals surface area contributed by atoms with Crippen molar-refractivity contribution in [1.29, 1.82) is 0 Å². The van der Waals surface area contributed by atoms with Crippen LogP contribution in [0.5, 0.6) is 5.75 Å². The SMILES string of the molecule is COc1ccc(CNC(=O)c2csc(NC(C)C)n2)cc1. The molecule has 0 aliphatic rings. The molecule has 1 amide bonds. The summed E-state index contributed by atoms with van der Waals surface area (Å²) in [5.41, 5.74) is 1.46. The minimum absolute atomic E-state index is 0.168. The van der Waals surface area contributed by atoms with Crippen LogP contribution in [0.15, 0.2) is 29.6 Å². The number of benzene rings is 1. The standard InChI is InChI=1S/C15H19N3O2S/c1-10(2)17-15-18-13(9-21-15)14(19)16-8-11-4-6-12(20-3)7-5-11/h4-7,9-10H,8H2,1-3H3,(H,16,19)(H,17,18). The lowest BCUT2D eigenvalue weighted by Gasteiger charge is -2.05. The summed E-state index contributed by atoms with van der Waals surface area (Å²) in [6.07, 6.45) is 0. The van der Waals surface area contributed by atoms with Gasteiger partial charge in [-0.15, -0.1) is 11.3 Å². The fourth-order valence-corrected chi connectivity index (χ4v) is 2.55. The number of methoxy groups -OCH3 is 1. The van der Waals surface area contributed by atoms with Crippen molar-refractivity contribution >= 4 is 22.4 Å². The number of carbonyl (C=O) groups excluding carboxylic acids is 1. The Labute approximate surface area is 128 Å². The predicted molar refractivity (Wildman–Crippen MR) is 85.0 cm³/mol. The summed E-state index contributed by atoms with van der Waals surface area (Å²) in [7, 11) is 1.63. The zero-order chi connectivity index (χ0) is 15.2. The number of rotatable bonds is 6. The number of nitrogens with zero attached hydrogens (tertiary/aromatic N) is 1. The Morgan fingerprint density at radius 3 is 2.67 bits per heavy atom. The second kappa shape index (κ2) is 7.08. The van der Waals surface area contributed by atoms with Crippen LogP contribution in [0.25, 0.3) is 0 Å². The summed E-state index contributed by atoms with van der Waals surface area (Å²) >= 11 is 1.43. The molecular formula is C15H19N3O2S. The maximum atomic E-state index is 12.0. The molecule has 0 spiro atoms. The molecule has 0 atom stereocenters. The van der Waals surface area contributed by atoms with E-state index in [9.17, 15) is 4.79 Å². The lowest BCUT2D eigenvalue weighted by Crippen LogP contribution is -2.23. The van der Waals surface area contributed by atoms with Gasteiger partial charge >= 0.3 is 0 Å². The fraction of sp³-hybridized carbons (Fsp3) is 0.333. The molecule has 1 heterocycles. The van der Waals surface area contributed by atoms with Crippen LogP contribution < -0.4 is 15.4 Å². The third-order valence-corrected chi connectivity index (χ3v) is 3.53. The molecule has 6 heteroatoms. The molecule has 0 aliphatic carbocycles. The molecule has 0 aliphatic heterocycles. The molecule has 0 radical (unpaired) electrons. The van der Waals surface area contributed by atoms with Gasteiger partial charge in [0.15, 0.2) is 5.13 Å². The molecule has 0 unspecified atom stereocenters. The fourth-order valence-electron chi connectivity index (χ4n) is 1.71. The number of ether oxygens (including phenoxy) is 1. The minimum Gasteiger partial charge on any atom is -0.497 e. The van der Waals surface area contributed by atoms with Gasteiger partial charge in [0, 0.05) is 18.0 Å². The van der Waals surface area contributed by atoms with Gasteiger partial charge in [0.05, 0.1) is 7.11 Å². The Hall–Kier alpha value is -2.08. The Kier molecular flexibility index (Phi) is 5.16. The summed E-state index contributed by atoms with van der Waals surface area (Å²) in [6, 6.07) is 7.88. The first-order valence-electron chi connectivity index (χ1n) is 6.71. The number of thiazole rings is 1. The Balaban J connectivity index is 1.90. The van der Waals surface area contributed by atoms with Crippen molar-refractivity contribution in [1.82, 2.24) is 10.3 Å². The number of aromatic nitrogens is 1. The van der Waals surface area contributed by atoms with E-state index in [-0.39, 0.29) is 5.91 Å². The quantitative estimate of drug-likeness (QED) is 0.861. The van der Waals surface area contributed by atoms with Crippen LogP contribution >= 0.6 is 11.3 Å². The van der Waals surface area contributed by atoms with E-state index in [0.29, 0.717) is 18.3 Å². The molecule has 0 saturated carbocycles. The number of nitrogens with one attached hydrogen (secondary N) is 2. The molecule has 5 nitrogen and oxygen atoms in total. The highest BCUT2D eigenvalue weighted by atomic mass is 32.1. The smallest absolute Gasteiger partial charge is 0.271 e. The van der Waals surface area contributed by atoms with Crippen LogP contribution in [0.1, 0.15) is 29.9 Å². The maximum absolute atomic E-state index is 12.0. The lowest BCUT2D eigenvalue weighted by molar-refractivity contribution is 0.0946. The van der Waals surface area contributed by atoms with Crippen molar-refractivity contribution in [2.24, 2.45) is 0 Å². The molecule has 112 valence electrons. The van der Waals surface area contributed by atoms with E-state index in [0.717, 1.165) is 16.4 Å². The van der Waals surface area contributed by atoms with Gasteiger partial charge in [-0.3, -0.25) is 4.79 Å². The van der Waals surface area contributed by atoms with Crippen molar-refractivity contribution in [3.63, 3.8) is 0 Å². The predicted octanol–water partition coefficient (Wildman–Crippen LogP) is 2.90. The highest BCUT2D eigenvalue weighted by molar-refractivity contribution is 7.13. The van der Waals surface area contributed by atoms with Crippen molar-refractivity contribution < 1.29 is 9.53 Å². The van der Waals surface area contributed by atoms with Gasteiger partial charge in [0.25, 0.3) is 5.91 Å². The molecule has 0 bridgehead atoms. The summed E-state index contributed by atoms with van der Waals surface area (Å²) in [6.45, 7) is 4.53. The van der Waals surface area contributed by atoms with Gasteiger partial charge in [-0.25, -0.2) is 4.98 Å². The van der Waals surface area contributed by atoms with Gasteiger partial charge in [-0.2, -0.15) is 0 Å². The zero-order valence-electron chi connectivity index (χ0n) is 12.3. The van der Waals surface area contributed by atoms with Crippen LogP contribution in [0.2, 0.25) is 0 Å². The normalized spacial score (nSPS) is 10.5. The third kappa shape index (κ3) is 4.46. The number of hydrogen-bond acceptors (Lipinski definition) is 5. The Morgan fingerprint density at radius 2 is 2.05 bits per heavy atom. The zero-order valence-corrected chi connectivity index (χ0v) is 13.2. The van der Waals surface area contributed by atoms with Crippen LogP contribution in [0.4, 0.5) is 5.13 Å². The molecule has 2 N–H and O–H groups in total.